The quantitative estimate of drug-likeness (QED) is 0.414. The summed E-state index contributed by atoms with van der Waals surface area (Å²) in [6.45, 7) is 2.05. The standard InChI is InChI=1S/C24H22N4O3S2/c1-18-23(32-24(26-18)20-10-6-3-7-11-20)21-12-13-22(29)28(27-21)16-15-25-33(30,31)17-14-19-8-4-2-5-9-19/h2-14,17,25H,15-16H2,1H3/b17-14+. The second-order valence-electron chi connectivity index (χ2n) is 7.23. The lowest BCUT2D eigenvalue weighted by atomic mass is 10.2. The van der Waals surface area contributed by atoms with Gasteiger partial charge in [0, 0.05) is 23.6 Å². The number of thiazole rings is 1. The van der Waals surface area contributed by atoms with Gasteiger partial charge in [-0.05, 0) is 24.6 Å². The number of hydrogen-bond donors (Lipinski definition) is 1. The first-order chi connectivity index (χ1) is 15.9. The molecule has 0 saturated carbocycles. The third-order valence-corrected chi connectivity index (χ3v) is 7.11. The van der Waals surface area contributed by atoms with Gasteiger partial charge in [-0.15, -0.1) is 11.3 Å². The van der Waals surface area contributed by atoms with Gasteiger partial charge >= 0.3 is 0 Å². The zero-order valence-electron chi connectivity index (χ0n) is 17.9. The molecule has 0 aliphatic heterocycles. The Morgan fingerprint density at radius 2 is 1.70 bits per heavy atom. The molecule has 0 atom stereocenters. The fraction of sp³-hybridized carbons (Fsp3) is 0.125. The van der Waals surface area contributed by atoms with E-state index in [4.69, 9.17) is 0 Å². The first-order valence-corrected chi connectivity index (χ1v) is 12.6. The van der Waals surface area contributed by atoms with E-state index >= 15 is 0 Å². The van der Waals surface area contributed by atoms with Crippen molar-refractivity contribution in [2.24, 2.45) is 0 Å². The molecule has 0 amide bonds. The first-order valence-electron chi connectivity index (χ1n) is 10.3. The second kappa shape index (κ2) is 10.0. The van der Waals surface area contributed by atoms with Crippen LogP contribution >= 0.6 is 11.3 Å². The summed E-state index contributed by atoms with van der Waals surface area (Å²) in [5, 5.41) is 6.43. The minimum Gasteiger partial charge on any atom is -0.268 e. The van der Waals surface area contributed by atoms with E-state index in [0.717, 1.165) is 32.1 Å². The maximum atomic E-state index is 12.3. The van der Waals surface area contributed by atoms with Gasteiger partial charge in [0.2, 0.25) is 10.0 Å². The van der Waals surface area contributed by atoms with Crippen molar-refractivity contribution in [3.8, 4) is 21.1 Å². The van der Waals surface area contributed by atoms with Gasteiger partial charge in [-0.3, -0.25) is 4.79 Å². The lowest BCUT2D eigenvalue weighted by Crippen LogP contribution is -2.31. The van der Waals surface area contributed by atoms with Crippen LogP contribution in [0.2, 0.25) is 0 Å². The lowest BCUT2D eigenvalue weighted by Gasteiger charge is -2.07. The highest BCUT2D eigenvalue weighted by Gasteiger charge is 2.14. The first kappa shape index (κ1) is 22.8. The molecule has 0 fully saturated rings. The van der Waals surface area contributed by atoms with E-state index in [9.17, 15) is 13.2 Å². The summed E-state index contributed by atoms with van der Waals surface area (Å²) < 4.78 is 28.2. The van der Waals surface area contributed by atoms with Crippen LogP contribution in [0.4, 0.5) is 0 Å². The van der Waals surface area contributed by atoms with E-state index in [1.54, 1.807) is 6.07 Å². The van der Waals surface area contributed by atoms with E-state index in [1.807, 2.05) is 67.6 Å². The molecule has 0 aliphatic carbocycles. The minimum absolute atomic E-state index is 0.0365. The van der Waals surface area contributed by atoms with Gasteiger partial charge in [0.25, 0.3) is 5.56 Å². The van der Waals surface area contributed by atoms with Crippen molar-refractivity contribution < 1.29 is 8.42 Å². The molecule has 33 heavy (non-hydrogen) atoms. The van der Waals surface area contributed by atoms with Gasteiger partial charge in [0.1, 0.15) is 10.7 Å². The SMILES string of the molecule is Cc1nc(-c2ccccc2)sc1-c1ccc(=O)n(CCNS(=O)(=O)/C=C/c2ccccc2)n1. The van der Waals surface area contributed by atoms with Crippen LogP contribution in [0.3, 0.4) is 0 Å². The molecule has 9 heteroatoms. The van der Waals surface area contributed by atoms with E-state index < -0.39 is 10.0 Å². The Morgan fingerprint density at radius 1 is 1.00 bits per heavy atom. The average Bonchev–Trinajstić information content (AvgIpc) is 3.22. The topological polar surface area (TPSA) is 94.0 Å². The maximum absolute atomic E-state index is 12.3. The molecule has 2 heterocycles. The molecule has 4 aromatic rings. The lowest BCUT2D eigenvalue weighted by molar-refractivity contribution is 0.554. The normalized spacial score (nSPS) is 11.8. The number of rotatable bonds is 8. The Balaban J connectivity index is 1.47. The minimum atomic E-state index is -3.64. The smallest absolute Gasteiger partial charge is 0.266 e. The van der Waals surface area contributed by atoms with Crippen LogP contribution in [0.15, 0.2) is 83.0 Å². The van der Waals surface area contributed by atoms with Crippen LogP contribution in [0.1, 0.15) is 11.3 Å². The molecule has 2 aromatic carbocycles. The van der Waals surface area contributed by atoms with Crippen molar-refractivity contribution in [3.05, 3.63) is 99.8 Å². The van der Waals surface area contributed by atoms with Crippen LogP contribution in [-0.2, 0) is 16.6 Å². The third-order valence-electron chi connectivity index (χ3n) is 4.78. The predicted molar refractivity (Wildman–Crippen MR) is 132 cm³/mol. The maximum Gasteiger partial charge on any atom is 0.266 e. The molecular formula is C24H22N4O3S2. The number of sulfonamides is 1. The molecule has 4 rings (SSSR count). The summed E-state index contributed by atoms with van der Waals surface area (Å²) in [6.07, 6.45) is 1.52. The Labute approximate surface area is 196 Å². The van der Waals surface area contributed by atoms with Gasteiger partial charge < -0.3 is 0 Å². The summed E-state index contributed by atoms with van der Waals surface area (Å²) in [5.74, 6) is 0. The Bertz CT molecular complexity index is 1430. The van der Waals surface area contributed by atoms with Crippen LogP contribution in [0, 0.1) is 6.92 Å². The fourth-order valence-corrected chi connectivity index (χ4v) is 4.99. The predicted octanol–water partition coefficient (Wildman–Crippen LogP) is 3.93. The van der Waals surface area contributed by atoms with Crippen molar-refractivity contribution in [2.75, 3.05) is 6.54 Å². The molecule has 168 valence electrons. The summed E-state index contributed by atoms with van der Waals surface area (Å²) in [4.78, 5) is 17.8. The molecule has 0 bridgehead atoms. The highest BCUT2D eigenvalue weighted by atomic mass is 32.2. The monoisotopic (exact) mass is 478 g/mol. The Kier molecular flexibility index (Phi) is 6.93. The summed E-state index contributed by atoms with van der Waals surface area (Å²) in [5.41, 5.74) is 2.94. The van der Waals surface area contributed by atoms with Crippen molar-refractivity contribution in [1.29, 1.82) is 0 Å². The van der Waals surface area contributed by atoms with Gasteiger partial charge in [-0.1, -0.05) is 60.7 Å². The average molecular weight is 479 g/mol. The molecule has 0 aliphatic rings. The van der Waals surface area contributed by atoms with E-state index in [0.29, 0.717) is 5.69 Å². The van der Waals surface area contributed by atoms with E-state index in [-0.39, 0.29) is 18.6 Å². The van der Waals surface area contributed by atoms with Crippen LogP contribution in [0.5, 0.6) is 0 Å². The molecule has 1 N–H and O–H groups in total. The number of hydrogen-bond acceptors (Lipinski definition) is 6. The third kappa shape index (κ3) is 5.89. The molecule has 0 unspecified atom stereocenters. The van der Waals surface area contributed by atoms with Crippen LogP contribution in [0.25, 0.3) is 27.2 Å². The van der Waals surface area contributed by atoms with Gasteiger partial charge in [0.15, 0.2) is 0 Å². The number of benzene rings is 2. The largest absolute Gasteiger partial charge is 0.268 e. The highest BCUT2D eigenvalue weighted by Crippen LogP contribution is 2.33. The Morgan fingerprint density at radius 3 is 2.42 bits per heavy atom. The van der Waals surface area contributed by atoms with Crippen molar-refractivity contribution in [1.82, 2.24) is 19.5 Å². The zero-order chi connectivity index (χ0) is 23.3. The van der Waals surface area contributed by atoms with E-state index in [1.165, 1.54) is 28.2 Å². The second-order valence-corrected chi connectivity index (χ2v) is 9.88. The Hall–Kier alpha value is -3.40. The summed E-state index contributed by atoms with van der Waals surface area (Å²) in [6, 6.07) is 22.1. The molecule has 0 spiro atoms. The highest BCUT2D eigenvalue weighted by molar-refractivity contribution is 7.92. The zero-order valence-corrected chi connectivity index (χ0v) is 19.5. The molecule has 2 aromatic heterocycles. The molecule has 7 nitrogen and oxygen atoms in total. The number of aromatic nitrogens is 3. The van der Waals surface area contributed by atoms with Crippen molar-refractivity contribution >= 4 is 27.4 Å². The fourth-order valence-electron chi connectivity index (χ4n) is 3.14. The molecule has 0 saturated heterocycles. The molecular weight excluding hydrogens is 456 g/mol. The van der Waals surface area contributed by atoms with Crippen LogP contribution < -0.4 is 10.3 Å². The van der Waals surface area contributed by atoms with E-state index in [2.05, 4.69) is 14.8 Å². The number of nitrogens with zero attached hydrogens (tertiary/aromatic N) is 3. The van der Waals surface area contributed by atoms with Gasteiger partial charge in [-0.25, -0.2) is 22.8 Å². The van der Waals surface area contributed by atoms with Crippen LogP contribution in [-0.4, -0.2) is 29.7 Å². The van der Waals surface area contributed by atoms with Gasteiger partial charge in [0.05, 0.1) is 17.1 Å². The molecule has 0 radical (unpaired) electrons. The number of nitrogens with one attached hydrogen (secondary N) is 1. The van der Waals surface area contributed by atoms with Crippen molar-refractivity contribution in [2.45, 2.75) is 13.5 Å². The summed E-state index contributed by atoms with van der Waals surface area (Å²) in [7, 11) is -3.64. The number of aryl methyl sites for hydroxylation is 1. The van der Waals surface area contributed by atoms with Crippen molar-refractivity contribution in [3.63, 3.8) is 0 Å². The summed E-state index contributed by atoms with van der Waals surface area (Å²) >= 11 is 1.50. The van der Waals surface area contributed by atoms with Gasteiger partial charge in [-0.2, -0.15) is 5.10 Å².